The normalized spacial score (nSPS) is 14.5. The Morgan fingerprint density at radius 1 is 0.923 bits per heavy atom. The van der Waals surface area contributed by atoms with E-state index in [4.69, 9.17) is 4.74 Å². The van der Waals surface area contributed by atoms with Crippen molar-refractivity contribution in [3.63, 3.8) is 0 Å². The lowest BCUT2D eigenvalue weighted by molar-refractivity contribution is 0.0748. The molecule has 1 saturated heterocycles. The van der Waals surface area contributed by atoms with Crippen LogP contribution >= 0.6 is 0 Å². The van der Waals surface area contributed by atoms with Crippen molar-refractivity contribution in [1.82, 2.24) is 15.1 Å². The largest absolute Gasteiger partial charge is 0.480 e. The standard InChI is InChI=1S/C20H20N4O2/c1-26-19-10-9-18(21-22-19)23-11-13-24(14-12-23)20(25)17-8-4-6-15-5-2-3-7-16(15)17/h2-10H,11-14H2,1H3. The summed E-state index contributed by atoms with van der Waals surface area (Å²) in [7, 11) is 1.57. The Kier molecular flexibility index (Phi) is 4.39. The average molecular weight is 348 g/mol. The Morgan fingerprint density at radius 2 is 1.69 bits per heavy atom. The second-order valence-electron chi connectivity index (χ2n) is 6.24. The fourth-order valence-corrected chi connectivity index (χ4v) is 3.31. The zero-order chi connectivity index (χ0) is 17.9. The first-order valence-electron chi connectivity index (χ1n) is 8.66. The zero-order valence-electron chi connectivity index (χ0n) is 14.6. The number of aromatic nitrogens is 2. The fraction of sp³-hybridized carbons (Fsp3) is 0.250. The number of fused-ring (bicyclic) bond motifs is 1. The summed E-state index contributed by atoms with van der Waals surface area (Å²) < 4.78 is 5.04. The number of anilines is 1. The van der Waals surface area contributed by atoms with Crippen molar-refractivity contribution in [2.75, 3.05) is 38.2 Å². The number of hydrogen-bond donors (Lipinski definition) is 0. The van der Waals surface area contributed by atoms with Crippen LogP contribution in [0.4, 0.5) is 5.82 Å². The van der Waals surface area contributed by atoms with E-state index >= 15 is 0 Å². The van der Waals surface area contributed by atoms with E-state index in [2.05, 4.69) is 15.1 Å². The summed E-state index contributed by atoms with van der Waals surface area (Å²) in [5, 5.41) is 10.3. The molecule has 1 fully saturated rings. The summed E-state index contributed by atoms with van der Waals surface area (Å²) >= 11 is 0. The van der Waals surface area contributed by atoms with Gasteiger partial charge in [-0.05, 0) is 22.9 Å². The summed E-state index contributed by atoms with van der Waals surface area (Å²) in [6.07, 6.45) is 0. The van der Waals surface area contributed by atoms with Gasteiger partial charge in [0.1, 0.15) is 0 Å². The Balaban J connectivity index is 1.48. The van der Waals surface area contributed by atoms with E-state index in [0.717, 1.165) is 35.2 Å². The van der Waals surface area contributed by atoms with E-state index in [9.17, 15) is 4.79 Å². The molecule has 0 bridgehead atoms. The minimum Gasteiger partial charge on any atom is -0.480 e. The van der Waals surface area contributed by atoms with Crippen LogP contribution in [0.15, 0.2) is 54.6 Å². The molecule has 26 heavy (non-hydrogen) atoms. The number of rotatable bonds is 3. The zero-order valence-corrected chi connectivity index (χ0v) is 14.6. The number of ether oxygens (including phenoxy) is 1. The third-order valence-electron chi connectivity index (χ3n) is 4.75. The van der Waals surface area contributed by atoms with Crippen molar-refractivity contribution in [3.8, 4) is 5.88 Å². The summed E-state index contributed by atoms with van der Waals surface area (Å²) in [6, 6.07) is 17.6. The smallest absolute Gasteiger partial charge is 0.254 e. The number of nitrogens with zero attached hydrogens (tertiary/aromatic N) is 4. The van der Waals surface area contributed by atoms with Gasteiger partial charge in [-0.2, -0.15) is 0 Å². The molecule has 0 saturated carbocycles. The van der Waals surface area contributed by atoms with Gasteiger partial charge in [0.2, 0.25) is 5.88 Å². The predicted octanol–water partition coefficient (Wildman–Crippen LogP) is 2.60. The van der Waals surface area contributed by atoms with Crippen LogP contribution in [0.25, 0.3) is 10.8 Å². The molecule has 4 rings (SSSR count). The van der Waals surface area contributed by atoms with Crippen LogP contribution in [-0.4, -0.2) is 54.3 Å². The van der Waals surface area contributed by atoms with Crippen LogP contribution in [0.1, 0.15) is 10.4 Å². The Labute approximate surface area is 152 Å². The molecular weight excluding hydrogens is 328 g/mol. The number of carbonyl (C=O) groups is 1. The van der Waals surface area contributed by atoms with E-state index in [1.54, 1.807) is 13.2 Å². The summed E-state index contributed by atoms with van der Waals surface area (Å²) in [5.41, 5.74) is 0.765. The number of piperazine rings is 1. The highest BCUT2D eigenvalue weighted by molar-refractivity contribution is 6.07. The highest BCUT2D eigenvalue weighted by Gasteiger charge is 2.24. The molecule has 1 aromatic heterocycles. The lowest BCUT2D eigenvalue weighted by Gasteiger charge is -2.35. The molecule has 0 aliphatic carbocycles. The van der Waals surface area contributed by atoms with E-state index in [-0.39, 0.29) is 5.91 Å². The molecule has 132 valence electrons. The van der Waals surface area contributed by atoms with E-state index in [1.807, 2.05) is 53.4 Å². The molecule has 6 nitrogen and oxygen atoms in total. The molecule has 0 unspecified atom stereocenters. The first-order chi connectivity index (χ1) is 12.8. The van der Waals surface area contributed by atoms with Gasteiger partial charge in [0.25, 0.3) is 5.91 Å². The summed E-state index contributed by atoms with van der Waals surface area (Å²) in [5.74, 6) is 1.39. The van der Waals surface area contributed by atoms with Gasteiger partial charge in [0, 0.05) is 37.8 Å². The van der Waals surface area contributed by atoms with Gasteiger partial charge >= 0.3 is 0 Å². The second kappa shape index (κ2) is 7.00. The van der Waals surface area contributed by atoms with Crippen molar-refractivity contribution in [2.24, 2.45) is 0 Å². The highest BCUT2D eigenvalue weighted by Crippen LogP contribution is 2.21. The molecule has 1 aliphatic rings. The topological polar surface area (TPSA) is 58.6 Å². The lowest BCUT2D eigenvalue weighted by atomic mass is 10.0. The van der Waals surface area contributed by atoms with Gasteiger partial charge in [0.05, 0.1) is 7.11 Å². The molecule has 3 aromatic rings. The van der Waals surface area contributed by atoms with Crippen LogP contribution < -0.4 is 9.64 Å². The van der Waals surface area contributed by atoms with Crippen molar-refractivity contribution >= 4 is 22.5 Å². The Morgan fingerprint density at radius 3 is 2.42 bits per heavy atom. The molecule has 1 aliphatic heterocycles. The number of carbonyl (C=O) groups excluding carboxylic acids is 1. The second-order valence-corrected chi connectivity index (χ2v) is 6.24. The van der Waals surface area contributed by atoms with Crippen LogP contribution in [0.5, 0.6) is 5.88 Å². The third kappa shape index (κ3) is 3.06. The molecule has 2 aromatic carbocycles. The first kappa shape index (κ1) is 16.3. The third-order valence-corrected chi connectivity index (χ3v) is 4.75. The Bertz CT molecular complexity index is 913. The summed E-state index contributed by atoms with van der Waals surface area (Å²) in [4.78, 5) is 17.1. The quantitative estimate of drug-likeness (QED) is 0.728. The number of benzene rings is 2. The number of methoxy groups -OCH3 is 1. The molecule has 0 atom stereocenters. The molecule has 0 N–H and O–H groups in total. The molecular formula is C20H20N4O2. The average Bonchev–Trinajstić information content (AvgIpc) is 2.73. The van der Waals surface area contributed by atoms with Crippen molar-refractivity contribution < 1.29 is 9.53 Å². The van der Waals surface area contributed by atoms with Crippen LogP contribution in [-0.2, 0) is 0 Å². The molecule has 0 spiro atoms. The Hall–Kier alpha value is -3.15. The maximum Gasteiger partial charge on any atom is 0.254 e. The fourth-order valence-electron chi connectivity index (χ4n) is 3.31. The van der Waals surface area contributed by atoms with Crippen molar-refractivity contribution in [1.29, 1.82) is 0 Å². The molecule has 6 heteroatoms. The monoisotopic (exact) mass is 348 g/mol. The predicted molar refractivity (Wildman–Crippen MR) is 101 cm³/mol. The number of amides is 1. The SMILES string of the molecule is COc1ccc(N2CCN(C(=O)c3cccc4ccccc34)CC2)nn1. The van der Waals surface area contributed by atoms with Gasteiger partial charge in [-0.3, -0.25) is 4.79 Å². The van der Waals surface area contributed by atoms with Crippen molar-refractivity contribution in [2.45, 2.75) is 0 Å². The van der Waals surface area contributed by atoms with Gasteiger partial charge < -0.3 is 14.5 Å². The number of hydrogen-bond acceptors (Lipinski definition) is 5. The molecule has 0 radical (unpaired) electrons. The first-order valence-corrected chi connectivity index (χ1v) is 8.66. The maximum absolute atomic E-state index is 13.0. The van der Waals surface area contributed by atoms with E-state index < -0.39 is 0 Å². The molecule has 2 heterocycles. The van der Waals surface area contributed by atoms with E-state index in [0.29, 0.717) is 19.0 Å². The van der Waals surface area contributed by atoms with E-state index in [1.165, 1.54) is 0 Å². The van der Waals surface area contributed by atoms with Gasteiger partial charge in [-0.15, -0.1) is 10.2 Å². The van der Waals surface area contributed by atoms with Gasteiger partial charge in [0.15, 0.2) is 5.82 Å². The summed E-state index contributed by atoms with van der Waals surface area (Å²) in [6.45, 7) is 2.79. The van der Waals surface area contributed by atoms with Crippen molar-refractivity contribution in [3.05, 3.63) is 60.2 Å². The highest BCUT2D eigenvalue weighted by atomic mass is 16.5. The van der Waals surface area contributed by atoms with Crippen LogP contribution in [0.3, 0.4) is 0 Å². The maximum atomic E-state index is 13.0. The van der Waals surface area contributed by atoms with Crippen LogP contribution in [0.2, 0.25) is 0 Å². The lowest BCUT2D eigenvalue weighted by Crippen LogP contribution is -2.49. The minimum absolute atomic E-state index is 0.0854. The van der Waals surface area contributed by atoms with Crippen LogP contribution in [0, 0.1) is 0 Å². The van der Waals surface area contributed by atoms with Gasteiger partial charge in [-0.1, -0.05) is 36.4 Å². The minimum atomic E-state index is 0.0854. The van der Waals surface area contributed by atoms with Gasteiger partial charge in [-0.25, -0.2) is 0 Å². The molecule has 1 amide bonds.